The molecule has 10 rings (SSSR count). The predicted molar refractivity (Wildman–Crippen MR) is 265 cm³/mol. The number of aromatic nitrogens is 3. The molecule has 64 heavy (non-hydrogen) atoms. The first-order chi connectivity index (χ1) is 31.0. The van der Waals surface area contributed by atoms with E-state index in [1.54, 1.807) is 0 Å². The molecule has 0 aliphatic rings. The van der Waals surface area contributed by atoms with E-state index >= 15 is 0 Å². The van der Waals surface area contributed by atoms with Crippen LogP contribution >= 0.6 is 31.9 Å². The van der Waals surface area contributed by atoms with Gasteiger partial charge in [-0.1, -0.05) is 190 Å². The molecule has 3 aromatic heterocycles. The summed E-state index contributed by atoms with van der Waals surface area (Å²) in [5, 5.41) is 0. The van der Waals surface area contributed by atoms with E-state index in [0.29, 0.717) is 0 Å². The maximum atomic E-state index is 4.59. The summed E-state index contributed by atoms with van der Waals surface area (Å²) in [6.07, 6.45) is 5.45. The number of halogens is 2. The molecule has 3 heterocycles. The van der Waals surface area contributed by atoms with Crippen molar-refractivity contribution in [2.75, 3.05) is 0 Å². The third-order valence-corrected chi connectivity index (χ3v) is 12.6. The Morgan fingerprint density at radius 2 is 0.656 bits per heavy atom. The fourth-order valence-corrected chi connectivity index (χ4v) is 9.36. The minimum absolute atomic E-state index is 0. The Labute approximate surface area is 404 Å². The zero-order valence-corrected chi connectivity index (χ0v) is 40.1. The van der Waals surface area contributed by atoms with E-state index in [1.165, 1.54) is 0 Å². The van der Waals surface area contributed by atoms with Crippen LogP contribution in [0, 0.1) is 25.1 Å². The van der Waals surface area contributed by atoms with Crippen LogP contribution in [-0.4, -0.2) is 15.0 Å². The van der Waals surface area contributed by atoms with Crippen molar-refractivity contribution < 1.29 is 20.1 Å². The van der Waals surface area contributed by atoms with Gasteiger partial charge in [-0.2, -0.15) is 0 Å². The van der Waals surface area contributed by atoms with Crippen molar-refractivity contribution in [1.82, 2.24) is 15.0 Å². The van der Waals surface area contributed by atoms with E-state index in [1.807, 2.05) is 73.2 Å². The summed E-state index contributed by atoms with van der Waals surface area (Å²) in [5.41, 5.74) is 19.8. The summed E-state index contributed by atoms with van der Waals surface area (Å²) in [4.78, 5) is 13.7. The maximum absolute atomic E-state index is 4.59. The zero-order chi connectivity index (χ0) is 42.7. The van der Waals surface area contributed by atoms with E-state index in [9.17, 15) is 0 Å². The van der Waals surface area contributed by atoms with Crippen LogP contribution in [0.5, 0.6) is 0 Å². The summed E-state index contributed by atoms with van der Waals surface area (Å²) in [6.45, 7) is 2.17. The van der Waals surface area contributed by atoms with Gasteiger partial charge >= 0.3 is 20.1 Å². The molecule has 0 fully saturated rings. The van der Waals surface area contributed by atoms with Crippen molar-refractivity contribution in [2.45, 2.75) is 6.92 Å². The Morgan fingerprint density at radius 3 is 0.984 bits per heavy atom. The Kier molecular flexibility index (Phi) is 12.8. The van der Waals surface area contributed by atoms with Crippen molar-refractivity contribution in [3.05, 3.63) is 233 Å². The first kappa shape index (κ1) is 42.9. The van der Waals surface area contributed by atoms with Gasteiger partial charge in [0, 0.05) is 18.6 Å². The second-order valence-corrected chi connectivity index (χ2v) is 16.9. The maximum Gasteiger partial charge on any atom is 3.00 e. The van der Waals surface area contributed by atoms with Crippen LogP contribution in [0.15, 0.2) is 210 Å². The topological polar surface area (TPSA) is 38.7 Å². The van der Waals surface area contributed by atoms with Crippen LogP contribution in [0.4, 0.5) is 0 Å². The van der Waals surface area contributed by atoms with Gasteiger partial charge in [0.05, 0.1) is 0 Å². The molecule has 0 saturated heterocycles. The Hall–Kier alpha value is -6.40. The third-order valence-electron chi connectivity index (χ3n) is 11.3. The monoisotopic (exact) mass is 1130 g/mol. The fraction of sp³-hybridized carbons (Fsp3) is 0.0172. The quantitative estimate of drug-likeness (QED) is 0.135. The zero-order valence-electron chi connectivity index (χ0n) is 34.5. The van der Waals surface area contributed by atoms with E-state index in [0.717, 1.165) is 115 Å². The van der Waals surface area contributed by atoms with E-state index in [4.69, 9.17) is 0 Å². The van der Waals surface area contributed by atoms with Crippen molar-refractivity contribution >= 4 is 31.9 Å². The normalized spacial score (nSPS) is 10.9. The smallest absolute Gasteiger partial charge is 0.305 e. The molecule has 0 atom stereocenters. The van der Waals surface area contributed by atoms with Gasteiger partial charge in [0.15, 0.2) is 0 Å². The molecule has 0 saturated carbocycles. The van der Waals surface area contributed by atoms with Crippen LogP contribution in [0.2, 0.25) is 0 Å². The third kappa shape index (κ3) is 8.75. The SMILES string of the molecule is Cc1cc(-c2ccccn2)[c-]cc1-c1ccccc1-c1cc(-c2ccccc2-c2c[c-]c(-c3ccccn3)cc2Br)cc(-c2ccccc2-c2c[c-]c(-c3ccccn3)cc2Br)c1.[Ir+3]. The van der Waals surface area contributed by atoms with Gasteiger partial charge in [-0.25, -0.2) is 0 Å². The molecule has 7 aromatic carbocycles. The molecule has 0 aliphatic carbocycles. The van der Waals surface area contributed by atoms with Crippen molar-refractivity contribution in [3.8, 4) is 101 Å². The number of pyridine rings is 3. The van der Waals surface area contributed by atoms with Gasteiger partial charge < -0.3 is 15.0 Å². The second-order valence-electron chi connectivity index (χ2n) is 15.2. The first-order valence-electron chi connectivity index (χ1n) is 20.6. The average molecular weight is 1130 g/mol. The largest absolute Gasteiger partial charge is 3.00 e. The number of nitrogens with zero attached hydrogens (tertiary/aromatic N) is 3. The van der Waals surface area contributed by atoms with E-state index < -0.39 is 0 Å². The molecule has 0 unspecified atom stereocenters. The van der Waals surface area contributed by atoms with Crippen LogP contribution < -0.4 is 0 Å². The number of aryl methyl sites for hydroxylation is 1. The molecule has 0 amide bonds. The minimum atomic E-state index is 0. The number of hydrogen-bond donors (Lipinski definition) is 0. The number of hydrogen-bond acceptors (Lipinski definition) is 3. The fourth-order valence-electron chi connectivity index (χ4n) is 8.25. The predicted octanol–water partition coefficient (Wildman–Crippen LogP) is 16.1. The molecule has 0 N–H and O–H groups in total. The molecule has 0 spiro atoms. The Balaban J connectivity index is 0.00000518. The average Bonchev–Trinajstić information content (AvgIpc) is 3.34. The molecule has 10 aromatic rings. The molecule has 0 aliphatic heterocycles. The van der Waals surface area contributed by atoms with Crippen LogP contribution in [-0.2, 0) is 20.1 Å². The molecule has 306 valence electrons. The number of rotatable bonds is 9. The Morgan fingerprint density at radius 1 is 0.344 bits per heavy atom. The molecule has 0 bridgehead atoms. The van der Waals surface area contributed by atoms with Crippen molar-refractivity contribution in [1.29, 1.82) is 0 Å². The van der Waals surface area contributed by atoms with E-state index in [2.05, 4.69) is 199 Å². The second kappa shape index (κ2) is 19.1. The van der Waals surface area contributed by atoms with Crippen molar-refractivity contribution in [3.63, 3.8) is 0 Å². The molecule has 3 nitrogen and oxygen atoms in total. The molecule has 0 radical (unpaired) electrons. The summed E-state index contributed by atoms with van der Waals surface area (Å²) in [6, 6.07) is 74.0. The minimum Gasteiger partial charge on any atom is -0.305 e. The molecule has 6 heteroatoms. The van der Waals surface area contributed by atoms with Gasteiger partial charge in [0.1, 0.15) is 0 Å². The number of benzene rings is 7. The van der Waals surface area contributed by atoms with Gasteiger partial charge in [0.25, 0.3) is 0 Å². The van der Waals surface area contributed by atoms with Gasteiger partial charge in [-0.3, -0.25) is 0 Å². The van der Waals surface area contributed by atoms with Gasteiger partial charge in [0.2, 0.25) is 0 Å². The van der Waals surface area contributed by atoms with Crippen LogP contribution in [0.25, 0.3) is 101 Å². The summed E-state index contributed by atoms with van der Waals surface area (Å²) in [5.74, 6) is 0. The molecular formula is C58H36Br2IrN3. The first-order valence-corrected chi connectivity index (χ1v) is 22.2. The standard InChI is InChI=1S/C58H36Br2N3.Ir/c1-38-32-39(56-20-8-11-29-61-56)23-26-45(38)49-17-5-2-14-46(49)42-33-43(47-15-3-6-18-50(47)52-27-24-40(36-54(52)59)57-21-9-12-30-62-57)35-44(34-42)48-16-4-7-19-51(48)53-28-25-41(37-55(53)60)58-22-10-13-31-63-58;/h2-22,26-37H,1H3;/q-3;+3. The van der Waals surface area contributed by atoms with E-state index in [-0.39, 0.29) is 20.1 Å². The summed E-state index contributed by atoms with van der Waals surface area (Å²) < 4.78 is 1.94. The Bertz CT molecular complexity index is 2900. The summed E-state index contributed by atoms with van der Waals surface area (Å²) in [7, 11) is 0. The van der Waals surface area contributed by atoms with Crippen LogP contribution in [0.1, 0.15) is 5.56 Å². The molecular weight excluding hydrogens is 1090 g/mol. The van der Waals surface area contributed by atoms with Crippen LogP contribution in [0.3, 0.4) is 0 Å². The van der Waals surface area contributed by atoms with Gasteiger partial charge in [-0.05, 0) is 86.9 Å². The van der Waals surface area contributed by atoms with Crippen molar-refractivity contribution in [2.24, 2.45) is 0 Å². The van der Waals surface area contributed by atoms with Gasteiger partial charge in [-0.15, -0.1) is 76.9 Å². The summed E-state index contributed by atoms with van der Waals surface area (Å²) >= 11 is 7.90.